The van der Waals surface area contributed by atoms with E-state index in [1.807, 2.05) is 29.9 Å². The summed E-state index contributed by atoms with van der Waals surface area (Å²) in [5.74, 6) is 2.13. The highest BCUT2D eigenvalue weighted by atomic mass is 19.4. The van der Waals surface area contributed by atoms with E-state index in [0.29, 0.717) is 18.0 Å². The maximum Gasteiger partial charge on any atom is 0.418 e. The monoisotopic (exact) mass is 566 g/mol. The van der Waals surface area contributed by atoms with Crippen LogP contribution in [0.4, 0.5) is 18.9 Å². The fourth-order valence-corrected chi connectivity index (χ4v) is 6.50. The Hall–Kier alpha value is -3.33. The van der Waals surface area contributed by atoms with Crippen LogP contribution in [-0.4, -0.2) is 57.4 Å². The Balaban J connectivity index is 1.45. The molecule has 41 heavy (non-hydrogen) atoms. The van der Waals surface area contributed by atoms with Crippen molar-refractivity contribution in [2.45, 2.75) is 57.5 Å². The number of halogens is 3. The van der Waals surface area contributed by atoms with Gasteiger partial charge in [-0.15, -0.1) is 10.2 Å². The van der Waals surface area contributed by atoms with Crippen molar-refractivity contribution >= 4 is 5.69 Å². The first-order chi connectivity index (χ1) is 19.7. The predicted octanol–water partition coefficient (Wildman–Crippen LogP) is 6.98. The molecule has 1 saturated carbocycles. The third-order valence-corrected chi connectivity index (χ3v) is 8.84. The number of aryl methyl sites for hydroxylation is 1. The SMILES string of the molecule is C=CN(/C=C1/C(C(F)(F)F)=CC(CN2CCCCC2)=CN1C)c1cccc(C(c2nncn2C)C2CC(CC)C2)c1. The number of likely N-dealkylation sites (tertiary alicyclic amines) is 1. The highest BCUT2D eigenvalue weighted by molar-refractivity contribution is 5.57. The quantitative estimate of drug-likeness (QED) is 0.328. The van der Waals surface area contributed by atoms with Gasteiger partial charge in [0.05, 0.1) is 11.3 Å². The average molecular weight is 567 g/mol. The van der Waals surface area contributed by atoms with Gasteiger partial charge < -0.3 is 14.4 Å². The van der Waals surface area contributed by atoms with Crippen LogP contribution in [0.2, 0.25) is 0 Å². The Kier molecular flexibility index (Phi) is 8.73. The zero-order chi connectivity index (χ0) is 29.1. The highest BCUT2D eigenvalue weighted by Gasteiger charge is 2.40. The smallest absolute Gasteiger partial charge is 0.349 e. The molecular weight excluding hydrogens is 525 g/mol. The number of anilines is 1. The molecule has 0 bridgehead atoms. The van der Waals surface area contributed by atoms with Crippen molar-refractivity contribution in [3.63, 3.8) is 0 Å². The van der Waals surface area contributed by atoms with Gasteiger partial charge in [-0.25, -0.2) is 0 Å². The van der Waals surface area contributed by atoms with Gasteiger partial charge in [0.25, 0.3) is 0 Å². The molecule has 2 aliphatic heterocycles. The lowest BCUT2D eigenvalue weighted by Crippen LogP contribution is -2.34. The van der Waals surface area contributed by atoms with E-state index in [0.717, 1.165) is 68.2 Å². The van der Waals surface area contributed by atoms with Crippen molar-refractivity contribution in [1.29, 1.82) is 0 Å². The number of nitrogens with zero attached hydrogens (tertiary/aromatic N) is 6. The topological polar surface area (TPSA) is 40.4 Å². The minimum Gasteiger partial charge on any atom is -0.349 e. The Labute approximate surface area is 241 Å². The van der Waals surface area contributed by atoms with Crippen LogP contribution in [0.1, 0.15) is 62.8 Å². The predicted molar refractivity (Wildman–Crippen MR) is 157 cm³/mol. The lowest BCUT2D eigenvalue weighted by Gasteiger charge is -2.40. The number of aromatic nitrogens is 3. The van der Waals surface area contributed by atoms with Crippen LogP contribution < -0.4 is 4.90 Å². The number of likely N-dealkylation sites (N-methyl/N-ethyl adjacent to an activating group) is 1. The molecule has 220 valence electrons. The Morgan fingerprint density at radius 2 is 1.90 bits per heavy atom. The van der Waals surface area contributed by atoms with Crippen LogP contribution >= 0.6 is 0 Å². The summed E-state index contributed by atoms with van der Waals surface area (Å²) in [5.41, 5.74) is 1.94. The van der Waals surface area contributed by atoms with E-state index < -0.39 is 11.7 Å². The Bertz CT molecular complexity index is 1310. The summed E-state index contributed by atoms with van der Waals surface area (Å²) in [6.45, 7) is 8.54. The summed E-state index contributed by atoms with van der Waals surface area (Å²) in [7, 11) is 3.64. The fraction of sp³-hybridized carbons (Fsp3) is 0.500. The molecule has 9 heteroatoms. The molecule has 0 N–H and O–H groups in total. The molecule has 2 aromatic rings. The van der Waals surface area contributed by atoms with Gasteiger partial charge >= 0.3 is 6.18 Å². The van der Waals surface area contributed by atoms with Crippen LogP contribution in [0.5, 0.6) is 0 Å². The number of piperidine rings is 1. The molecule has 1 aromatic heterocycles. The molecule has 6 nitrogen and oxygen atoms in total. The van der Waals surface area contributed by atoms with Crippen molar-refractivity contribution in [2.75, 3.05) is 31.6 Å². The van der Waals surface area contributed by atoms with Gasteiger partial charge in [0, 0.05) is 50.8 Å². The maximum atomic E-state index is 14.4. The number of allylic oxidation sites excluding steroid dienone is 1. The summed E-state index contributed by atoms with van der Waals surface area (Å²) < 4.78 is 45.2. The second kappa shape index (κ2) is 12.3. The van der Waals surface area contributed by atoms with E-state index in [9.17, 15) is 13.2 Å². The van der Waals surface area contributed by atoms with E-state index in [2.05, 4.69) is 40.7 Å². The maximum absolute atomic E-state index is 14.4. The Morgan fingerprint density at radius 3 is 2.54 bits per heavy atom. The number of alkyl halides is 3. The van der Waals surface area contributed by atoms with Crippen LogP contribution in [0.25, 0.3) is 0 Å². The molecule has 1 aromatic carbocycles. The Morgan fingerprint density at radius 1 is 1.15 bits per heavy atom. The minimum atomic E-state index is -4.49. The third kappa shape index (κ3) is 6.45. The molecule has 0 spiro atoms. The van der Waals surface area contributed by atoms with Crippen LogP contribution in [0, 0.1) is 11.8 Å². The average Bonchev–Trinajstić information content (AvgIpc) is 3.35. The fourth-order valence-electron chi connectivity index (χ4n) is 6.50. The first-order valence-corrected chi connectivity index (χ1v) is 14.7. The number of hydrogen-bond acceptors (Lipinski definition) is 5. The summed E-state index contributed by atoms with van der Waals surface area (Å²) in [4.78, 5) is 5.51. The van der Waals surface area contributed by atoms with E-state index >= 15 is 0 Å². The molecule has 3 aliphatic rings. The second-order valence-corrected chi connectivity index (χ2v) is 11.7. The summed E-state index contributed by atoms with van der Waals surface area (Å²) in [6.07, 6.45) is 10.2. The molecule has 1 saturated heterocycles. The summed E-state index contributed by atoms with van der Waals surface area (Å²) in [6, 6.07) is 8.00. The molecular formula is C32H41F3N6. The minimum absolute atomic E-state index is 0.0628. The lowest BCUT2D eigenvalue weighted by atomic mass is 9.65. The first-order valence-electron chi connectivity index (χ1n) is 14.7. The molecule has 1 aliphatic carbocycles. The molecule has 3 heterocycles. The first kappa shape index (κ1) is 29.2. The molecule has 1 atom stereocenters. The number of hydrogen-bond donors (Lipinski definition) is 0. The largest absolute Gasteiger partial charge is 0.418 e. The van der Waals surface area contributed by atoms with E-state index in [1.165, 1.54) is 18.7 Å². The van der Waals surface area contributed by atoms with E-state index in [-0.39, 0.29) is 11.6 Å². The number of rotatable bonds is 9. The van der Waals surface area contributed by atoms with Crippen LogP contribution in [0.3, 0.4) is 0 Å². The van der Waals surface area contributed by atoms with Crippen LogP contribution in [-0.2, 0) is 7.05 Å². The highest BCUT2D eigenvalue weighted by Crippen LogP contribution is 2.47. The van der Waals surface area contributed by atoms with Gasteiger partial charge in [0.2, 0.25) is 0 Å². The van der Waals surface area contributed by atoms with Crippen molar-refractivity contribution in [2.24, 2.45) is 18.9 Å². The molecule has 2 fully saturated rings. The summed E-state index contributed by atoms with van der Waals surface area (Å²) in [5, 5.41) is 8.58. The van der Waals surface area contributed by atoms with Gasteiger partial charge in [-0.05, 0) is 80.0 Å². The summed E-state index contributed by atoms with van der Waals surface area (Å²) >= 11 is 0. The third-order valence-electron chi connectivity index (χ3n) is 8.84. The van der Waals surface area contributed by atoms with Gasteiger partial charge in [0.15, 0.2) is 0 Å². The van der Waals surface area contributed by atoms with Gasteiger partial charge in [-0.2, -0.15) is 13.2 Å². The molecule has 1 unspecified atom stereocenters. The van der Waals surface area contributed by atoms with Crippen molar-refractivity contribution in [3.05, 3.63) is 90.1 Å². The zero-order valence-corrected chi connectivity index (χ0v) is 24.3. The van der Waals surface area contributed by atoms with E-state index in [4.69, 9.17) is 0 Å². The van der Waals surface area contributed by atoms with Gasteiger partial charge in [0.1, 0.15) is 12.2 Å². The standard InChI is InChI=1S/C32H41F3N6/c1-5-23-15-26(16-23)30(31-37-36-22-39(31)4)25-11-10-12-27(18-25)41(6-2)21-29-28(32(33,34)35)17-24(19-38(29)3)20-40-13-8-7-9-14-40/h6,10-12,17-19,21-23,26,30H,2,5,7-9,13-16,20H2,1,3-4H3/b29-21-. The zero-order valence-electron chi connectivity index (χ0n) is 24.3. The second-order valence-electron chi connectivity index (χ2n) is 11.7. The van der Waals surface area contributed by atoms with Crippen molar-refractivity contribution in [3.8, 4) is 0 Å². The van der Waals surface area contributed by atoms with Crippen molar-refractivity contribution in [1.82, 2.24) is 24.6 Å². The molecule has 0 amide bonds. The van der Waals surface area contributed by atoms with Gasteiger partial charge in [-0.3, -0.25) is 4.90 Å². The van der Waals surface area contributed by atoms with E-state index in [1.54, 1.807) is 29.4 Å². The number of benzene rings is 1. The lowest BCUT2D eigenvalue weighted by molar-refractivity contribution is -0.0912. The normalized spacial score (nSPS) is 23.6. The molecule has 0 radical (unpaired) electrons. The molecule has 5 rings (SSSR count). The van der Waals surface area contributed by atoms with Crippen LogP contribution in [0.15, 0.2) is 78.7 Å². The van der Waals surface area contributed by atoms with Gasteiger partial charge in [-0.1, -0.05) is 38.5 Å². The van der Waals surface area contributed by atoms with Crippen molar-refractivity contribution < 1.29 is 13.2 Å².